The first-order valence-corrected chi connectivity index (χ1v) is 10.7. The minimum Gasteiger partial charge on any atom is -0.465 e. The molecule has 10 heteroatoms. The van der Waals surface area contributed by atoms with Crippen molar-refractivity contribution in [2.24, 2.45) is 7.05 Å². The van der Waals surface area contributed by atoms with E-state index in [4.69, 9.17) is 15.8 Å². The Morgan fingerprint density at radius 2 is 2.18 bits per heavy atom. The standard InChI is InChI=1S/C23H26N8O2/c1-12-17(11-24)21(30-22(25)27-12)26-13(2)20-16(10-19-18(29-20)8-9-31(19)3)14-4-6-15(7-5-14)28-23(32)33/h4,8-10,13,15,28H,5-7H2,1-3H3,(H,32,33)(H3,25,26,27,30)/t13-,15?/m0/s1. The number of allylic oxidation sites excluding steroid dienone is 1. The number of fused-ring (bicyclic) bond motifs is 1. The molecule has 1 aliphatic rings. The molecule has 4 rings (SSSR count). The number of aromatic nitrogens is 4. The molecule has 3 heterocycles. The van der Waals surface area contributed by atoms with E-state index in [1.165, 1.54) is 0 Å². The molecule has 3 aromatic rings. The Hall–Kier alpha value is -4.13. The highest BCUT2D eigenvalue weighted by atomic mass is 16.4. The van der Waals surface area contributed by atoms with Gasteiger partial charge in [-0.25, -0.2) is 14.8 Å². The number of hydrogen-bond acceptors (Lipinski definition) is 7. The molecule has 10 nitrogen and oxygen atoms in total. The molecule has 2 atom stereocenters. The van der Waals surface area contributed by atoms with E-state index in [9.17, 15) is 10.1 Å². The maximum Gasteiger partial charge on any atom is 0.404 e. The molecule has 0 aliphatic heterocycles. The van der Waals surface area contributed by atoms with Gasteiger partial charge < -0.3 is 26.0 Å². The Kier molecular flexibility index (Phi) is 5.87. The molecule has 0 aromatic carbocycles. The van der Waals surface area contributed by atoms with Crippen LogP contribution in [0.4, 0.5) is 16.6 Å². The molecule has 3 aromatic heterocycles. The van der Waals surface area contributed by atoms with Crippen LogP contribution in [-0.4, -0.2) is 36.8 Å². The topological polar surface area (TPSA) is 155 Å². The van der Waals surface area contributed by atoms with Crippen LogP contribution in [0.1, 0.15) is 54.7 Å². The minimum atomic E-state index is -1.00. The number of pyridine rings is 1. The molecule has 1 aliphatic carbocycles. The number of hydrogen-bond donors (Lipinski definition) is 4. The predicted octanol–water partition coefficient (Wildman–Crippen LogP) is 3.50. The smallest absolute Gasteiger partial charge is 0.404 e. The van der Waals surface area contributed by atoms with Gasteiger partial charge in [0.05, 0.1) is 28.5 Å². The van der Waals surface area contributed by atoms with Crippen molar-refractivity contribution in [3.05, 3.63) is 46.9 Å². The molecular weight excluding hydrogens is 420 g/mol. The Balaban J connectivity index is 1.74. The zero-order valence-corrected chi connectivity index (χ0v) is 18.8. The van der Waals surface area contributed by atoms with E-state index in [-0.39, 0.29) is 18.0 Å². The van der Waals surface area contributed by atoms with Gasteiger partial charge in [0.2, 0.25) is 5.95 Å². The SMILES string of the molecule is Cc1nc(N)nc(N[C@@H](C)c2nc3ccn(C)c3cc2C2=CCC(NC(=O)O)CC2)c1C#N. The number of amides is 1. The van der Waals surface area contributed by atoms with Gasteiger partial charge in [0.15, 0.2) is 0 Å². The van der Waals surface area contributed by atoms with Gasteiger partial charge in [-0.1, -0.05) is 6.08 Å². The average molecular weight is 447 g/mol. The van der Waals surface area contributed by atoms with Crippen LogP contribution in [0.2, 0.25) is 0 Å². The van der Waals surface area contributed by atoms with Crippen molar-refractivity contribution < 1.29 is 9.90 Å². The molecule has 170 valence electrons. The highest BCUT2D eigenvalue weighted by Gasteiger charge is 2.23. The van der Waals surface area contributed by atoms with Gasteiger partial charge in [0.25, 0.3) is 0 Å². The summed E-state index contributed by atoms with van der Waals surface area (Å²) in [5, 5.41) is 24.5. The number of carboxylic acid groups (broad SMARTS) is 1. The van der Waals surface area contributed by atoms with E-state index in [1.54, 1.807) is 6.92 Å². The first kappa shape index (κ1) is 22.1. The number of nitriles is 1. The molecular formula is C23H26N8O2. The van der Waals surface area contributed by atoms with E-state index >= 15 is 0 Å². The highest BCUT2D eigenvalue weighted by molar-refractivity contribution is 5.82. The van der Waals surface area contributed by atoms with Crippen LogP contribution in [0.3, 0.4) is 0 Å². The van der Waals surface area contributed by atoms with Crippen molar-refractivity contribution in [2.45, 2.75) is 45.2 Å². The third-order valence-electron chi connectivity index (χ3n) is 5.96. The van der Waals surface area contributed by atoms with Crippen molar-refractivity contribution in [1.82, 2.24) is 24.8 Å². The van der Waals surface area contributed by atoms with Crippen LogP contribution < -0.4 is 16.4 Å². The maximum atomic E-state index is 11.0. The Morgan fingerprint density at radius 3 is 2.85 bits per heavy atom. The molecule has 0 fully saturated rings. The fourth-order valence-electron chi connectivity index (χ4n) is 4.28. The average Bonchev–Trinajstić information content (AvgIpc) is 3.12. The quantitative estimate of drug-likeness (QED) is 0.464. The molecule has 0 radical (unpaired) electrons. The summed E-state index contributed by atoms with van der Waals surface area (Å²) in [5.41, 5.74) is 11.5. The summed E-state index contributed by atoms with van der Waals surface area (Å²) in [6, 6.07) is 5.86. The number of carbonyl (C=O) groups is 1. The normalized spacial score (nSPS) is 16.7. The zero-order valence-electron chi connectivity index (χ0n) is 18.8. The molecule has 0 saturated heterocycles. The van der Waals surface area contributed by atoms with Crippen LogP contribution in [0.25, 0.3) is 16.6 Å². The third kappa shape index (κ3) is 4.43. The van der Waals surface area contributed by atoms with E-state index < -0.39 is 6.09 Å². The summed E-state index contributed by atoms with van der Waals surface area (Å²) in [6.07, 6.45) is 5.10. The summed E-state index contributed by atoms with van der Waals surface area (Å²) in [5.74, 6) is 0.471. The first-order valence-electron chi connectivity index (χ1n) is 10.7. The van der Waals surface area contributed by atoms with Crippen LogP contribution in [-0.2, 0) is 7.05 Å². The van der Waals surface area contributed by atoms with E-state index in [1.807, 2.05) is 30.8 Å². The van der Waals surface area contributed by atoms with Crippen molar-refractivity contribution in [1.29, 1.82) is 5.26 Å². The number of nitrogens with zero attached hydrogens (tertiary/aromatic N) is 5. The fraction of sp³-hybridized carbons (Fsp3) is 0.348. The lowest BCUT2D eigenvalue weighted by Crippen LogP contribution is -2.34. The number of aryl methyl sites for hydroxylation is 2. The number of rotatable bonds is 5. The molecule has 0 bridgehead atoms. The molecule has 1 unspecified atom stereocenters. The number of nitrogens with two attached hydrogens (primary N) is 1. The molecule has 33 heavy (non-hydrogen) atoms. The number of anilines is 2. The summed E-state index contributed by atoms with van der Waals surface area (Å²) < 4.78 is 2.02. The molecule has 0 saturated carbocycles. The van der Waals surface area contributed by atoms with Crippen molar-refractivity contribution in [3.8, 4) is 6.07 Å². The van der Waals surface area contributed by atoms with E-state index in [0.29, 0.717) is 29.9 Å². The lowest BCUT2D eigenvalue weighted by molar-refractivity contribution is 0.189. The van der Waals surface area contributed by atoms with Crippen LogP contribution in [0.5, 0.6) is 0 Å². The second-order valence-electron chi connectivity index (χ2n) is 8.27. The van der Waals surface area contributed by atoms with Gasteiger partial charge in [0, 0.05) is 24.8 Å². The van der Waals surface area contributed by atoms with Gasteiger partial charge in [0.1, 0.15) is 17.5 Å². The maximum absolute atomic E-state index is 11.0. The predicted molar refractivity (Wildman–Crippen MR) is 125 cm³/mol. The Labute approximate surface area is 191 Å². The molecule has 5 N–H and O–H groups in total. The van der Waals surface area contributed by atoms with Gasteiger partial charge in [-0.3, -0.25) is 0 Å². The Bertz CT molecular complexity index is 1300. The second-order valence-corrected chi connectivity index (χ2v) is 8.27. The van der Waals surface area contributed by atoms with Gasteiger partial charge in [-0.15, -0.1) is 0 Å². The van der Waals surface area contributed by atoms with Crippen molar-refractivity contribution in [3.63, 3.8) is 0 Å². The van der Waals surface area contributed by atoms with Gasteiger partial charge in [-0.2, -0.15) is 10.2 Å². The largest absolute Gasteiger partial charge is 0.465 e. The monoisotopic (exact) mass is 446 g/mol. The summed E-state index contributed by atoms with van der Waals surface area (Å²) in [6.45, 7) is 3.69. The summed E-state index contributed by atoms with van der Waals surface area (Å²) in [4.78, 5) is 24.3. The summed E-state index contributed by atoms with van der Waals surface area (Å²) in [7, 11) is 1.98. The van der Waals surface area contributed by atoms with Crippen LogP contribution in [0.15, 0.2) is 24.4 Å². The zero-order chi connectivity index (χ0) is 23.7. The highest BCUT2D eigenvalue weighted by Crippen LogP contribution is 2.34. The second kappa shape index (κ2) is 8.78. The Morgan fingerprint density at radius 1 is 1.39 bits per heavy atom. The number of nitrogens with one attached hydrogen (secondary N) is 2. The van der Waals surface area contributed by atoms with Gasteiger partial charge in [-0.05, 0) is 50.8 Å². The molecule has 0 spiro atoms. The third-order valence-corrected chi connectivity index (χ3v) is 5.96. The first-order chi connectivity index (χ1) is 15.8. The minimum absolute atomic E-state index is 0.0952. The number of nitrogen functional groups attached to an aromatic ring is 1. The van der Waals surface area contributed by atoms with Crippen molar-refractivity contribution >= 4 is 34.5 Å². The van der Waals surface area contributed by atoms with Crippen LogP contribution in [0, 0.1) is 18.3 Å². The molecule has 1 amide bonds. The van der Waals surface area contributed by atoms with E-state index in [2.05, 4.69) is 38.8 Å². The van der Waals surface area contributed by atoms with E-state index in [0.717, 1.165) is 34.3 Å². The summed E-state index contributed by atoms with van der Waals surface area (Å²) >= 11 is 0. The van der Waals surface area contributed by atoms with Gasteiger partial charge >= 0.3 is 6.09 Å². The lowest BCUT2D eigenvalue weighted by Gasteiger charge is -2.25. The van der Waals surface area contributed by atoms with Crippen molar-refractivity contribution in [2.75, 3.05) is 11.1 Å². The van der Waals surface area contributed by atoms with Crippen LogP contribution >= 0.6 is 0 Å². The lowest BCUT2D eigenvalue weighted by atomic mass is 9.88. The fourth-order valence-corrected chi connectivity index (χ4v) is 4.28.